The fourth-order valence-electron chi connectivity index (χ4n) is 2.14. The van der Waals surface area contributed by atoms with Crippen LogP contribution in [0.15, 0.2) is 29.6 Å². The Kier molecular flexibility index (Phi) is 5.95. The lowest BCUT2D eigenvalue weighted by Crippen LogP contribution is -1.82. The fraction of sp³-hybridized carbons (Fsp3) is 0.500. The lowest BCUT2D eigenvalue weighted by Gasteiger charge is -1.99. The van der Waals surface area contributed by atoms with Gasteiger partial charge in [0.1, 0.15) is 0 Å². The highest BCUT2D eigenvalue weighted by molar-refractivity contribution is 7.21. The Bertz CT molecular complexity index is 426. The zero-order valence-corrected chi connectivity index (χ0v) is 12.8. The molecule has 2 heterocycles. The maximum Gasteiger partial charge on any atom is 0.0445 e. The Morgan fingerprint density at radius 1 is 0.889 bits per heavy atom. The van der Waals surface area contributed by atoms with Crippen LogP contribution in [0.2, 0.25) is 0 Å². The normalized spacial score (nSPS) is 10.9. The van der Waals surface area contributed by atoms with Crippen LogP contribution in [-0.2, 0) is 6.42 Å². The minimum Gasteiger partial charge on any atom is -0.143 e. The van der Waals surface area contributed by atoms with Crippen molar-refractivity contribution in [3.8, 4) is 9.75 Å². The largest absolute Gasteiger partial charge is 0.143 e. The number of unbranched alkanes of at least 4 members (excludes halogenated alkanes) is 5. The summed E-state index contributed by atoms with van der Waals surface area (Å²) in [5.74, 6) is 0. The number of hydrogen-bond donors (Lipinski definition) is 0. The van der Waals surface area contributed by atoms with E-state index in [9.17, 15) is 0 Å². The van der Waals surface area contributed by atoms with E-state index in [4.69, 9.17) is 0 Å². The maximum absolute atomic E-state index is 2.31. The summed E-state index contributed by atoms with van der Waals surface area (Å²) >= 11 is 3.81. The van der Waals surface area contributed by atoms with E-state index in [0.29, 0.717) is 0 Å². The van der Waals surface area contributed by atoms with Crippen molar-refractivity contribution in [1.29, 1.82) is 0 Å². The van der Waals surface area contributed by atoms with Crippen LogP contribution in [0.4, 0.5) is 0 Å². The summed E-state index contributed by atoms with van der Waals surface area (Å²) < 4.78 is 0. The van der Waals surface area contributed by atoms with Gasteiger partial charge in [-0.3, -0.25) is 0 Å². The van der Waals surface area contributed by atoms with Crippen LogP contribution < -0.4 is 0 Å². The Morgan fingerprint density at radius 3 is 2.50 bits per heavy atom. The predicted octanol–water partition coefficient (Wildman–Crippen LogP) is 6.38. The van der Waals surface area contributed by atoms with E-state index in [1.807, 2.05) is 22.7 Å². The topological polar surface area (TPSA) is 0 Å². The quantitative estimate of drug-likeness (QED) is 0.491. The average molecular weight is 278 g/mol. The molecular weight excluding hydrogens is 256 g/mol. The highest BCUT2D eigenvalue weighted by atomic mass is 32.1. The summed E-state index contributed by atoms with van der Waals surface area (Å²) in [6, 6.07) is 8.94. The summed E-state index contributed by atoms with van der Waals surface area (Å²) in [5, 5.41) is 2.16. The highest BCUT2D eigenvalue weighted by Gasteiger charge is 2.03. The molecule has 0 bridgehead atoms. The van der Waals surface area contributed by atoms with E-state index in [0.717, 1.165) is 0 Å². The number of rotatable bonds is 8. The zero-order valence-electron chi connectivity index (χ0n) is 11.2. The Hall–Kier alpha value is -0.600. The van der Waals surface area contributed by atoms with Crippen LogP contribution in [0.25, 0.3) is 9.75 Å². The van der Waals surface area contributed by atoms with Crippen molar-refractivity contribution in [2.24, 2.45) is 0 Å². The van der Waals surface area contributed by atoms with Crippen LogP contribution in [0.3, 0.4) is 0 Å². The van der Waals surface area contributed by atoms with Gasteiger partial charge in [-0.25, -0.2) is 0 Å². The highest BCUT2D eigenvalue weighted by Crippen LogP contribution is 2.32. The maximum atomic E-state index is 2.31. The molecule has 2 aromatic rings. The van der Waals surface area contributed by atoms with Gasteiger partial charge in [-0.1, -0.05) is 45.1 Å². The molecule has 0 atom stereocenters. The molecule has 18 heavy (non-hydrogen) atoms. The van der Waals surface area contributed by atoms with Gasteiger partial charge in [-0.2, -0.15) is 0 Å². The molecule has 0 saturated heterocycles. The summed E-state index contributed by atoms with van der Waals surface area (Å²) in [4.78, 5) is 4.40. The second kappa shape index (κ2) is 7.75. The molecular formula is C16H22S2. The average Bonchev–Trinajstić information content (AvgIpc) is 3.03. The predicted molar refractivity (Wildman–Crippen MR) is 84.7 cm³/mol. The third kappa shape index (κ3) is 4.25. The van der Waals surface area contributed by atoms with Crippen molar-refractivity contribution < 1.29 is 0 Å². The molecule has 0 aliphatic carbocycles. The van der Waals surface area contributed by atoms with E-state index < -0.39 is 0 Å². The van der Waals surface area contributed by atoms with Gasteiger partial charge in [0.05, 0.1) is 0 Å². The van der Waals surface area contributed by atoms with Crippen molar-refractivity contribution >= 4 is 22.7 Å². The van der Waals surface area contributed by atoms with Crippen LogP contribution in [0.1, 0.15) is 50.3 Å². The van der Waals surface area contributed by atoms with Crippen LogP contribution in [0, 0.1) is 0 Å². The van der Waals surface area contributed by atoms with E-state index in [1.165, 1.54) is 54.7 Å². The molecule has 0 unspecified atom stereocenters. The van der Waals surface area contributed by atoms with E-state index in [1.54, 1.807) is 4.88 Å². The van der Waals surface area contributed by atoms with Gasteiger partial charge < -0.3 is 0 Å². The Balaban J connectivity index is 1.71. The molecule has 0 amide bonds. The lowest BCUT2D eigenvalue weighted by atomic mass is 10.1. The standard InChI is InChI=1S/C16H22S2/c1-2-3-4-5-6-7-9-14-11-12-16(18-14)15-10-8-13-17-15/h8,10-13H,2-7,9H2,1H3. The minimum absolute atomic E-state index is 1.27. The molecule has 0 spiro atoms. The number of thiophene rings is 2. The summed E-state index contributed by atoms with van der Waals surface area (Å²) in [6.07, 6.45) is 9.59. The van der Waals surface area contributed by atoms with Crippen molar-refractivity contribution in [1.82, 2.24) is 0 Å². The third-order valence-electron chi connectivity index (χ3n) is 3.20. The molecule has 2 rings (SSSR count). The molecule has 0 aliphatic rings. The second-order valence-corrected chi connectivity index (χ2v) is 6.88. The molecule has 0 radical (unpaired) electrons. The van der Waals surface area contributed by atoms with E-state index >= 15 is 0 Å². The van der Waals surface area contributed by atoms with Crippen molar-refractivity contribution in [2.75, 3.05) is 0 Å². The Morgan fingerprint density at radius 2 is 1.72 bits per heavy atom. The molecule has 2 heteroatoms. The van der Waals surface area contributed by atoms with Crippen molar-refractivity contribution in [2.45, 2.75) is 51.9 Å². The van der Waals surface area contributed by atoms with Gasteiger partial charge in [-0.15, -0.1) is 22.7 Å². The molecule has 2 aromatic heterocycles. The van der Waals surface area contributed by atoms with Crippen LogP contribution in [-0.4, -0.2) is 0 Å². The molecule has 0 nitrogen and oxygen atoms in total. The molecule has 0 fully saturated rings. The van der Waals surface area contributed by atoms with Crippen LogP contribution in [0.5, 0.6) is 0 Å². The third-order valence-corrected chi connectivity index (χ3v) is 5.41. The molecule has 0 saturated carbocycles. The second-order valence-electron chi connectivity index (χ2n) is 4.76. The summed E-state index contributed by atoms with van der Waals surface area (Å²) in [5.41, 5.74) is 0. The van der Waals surface area contributed by atoms with Gasteiger partial charge >= 0.3 is 0 Å². The van der Waals surface area contributed by atoms with Crippen molar-refractivity contribution in [3.63, 3.8) is 0 Å². The first-order chi connectivity index (χ1) is 8.90. The zero-order chi connectivity index (χ0) is 12.6. The van der Waals surface area contributed by atoms with Gasteiger partial charge in [0.2, 0.25) is 0 Å². The molecule has 0 N–H and O–H groups in total. The molecule has 98 valence electrons. The van der Waals surface area contributed by atoms with Gasteiger partial charge in [-0.05, 0) is 36.4 Å². The van der Waals surface area contributed by atoms with E-state index in [2.05, 4.69) is 36.6 Å². The van der Waals surface area contributed by atoms with Gasteiger partial charge in [0.25, 0.3) is 0 Å². The first-order valence-electron chi connectivity index (χ1n) is 7.02. The lowest BCUT2D eigenvalue weighted by molar-refractivity contribution is 0.609. The molecule has 0 aliphatic heterocycles. The first kappa shape index (κ1) is 13.8. The summed E-state index contributed by atoms with van der Waals surface area (Å²) in [6.45, 7) is 2.28. The van der Waals surface area contributed by atoms with E-state index in [-0.39, 0.29) is 0 Å². The first-order valence-corrected chi connectivity index (χ1v) is 8.72. The van der Waals surface area contributed by atoms with Crippen LogP contribution >= 0.6 is 22.7 Å². The smallest absolute Gasteiger partial charge is 0.0445 e. The monoisotopic (exact) mass is 278 g/mol. The van der Waals surface area contributed by atoms with Gasteiger partial charge in [0, 0.05) is 14.6 Å². The number of aryl methyl sites for hydroxylation is 1. The minimum atomic E-state index is 1.27. The SMILES string of the molecule is CCCCCCCCc1ccc(-c2cccs2)s1. The van der Waals surface area contributed by atoms with Gasteiger partial charge in [0.15, 0.2) is 0 Å². The summed E-state index contributed by atoms with van der Waals surface area (Å²) in [7, 11) is 0. The Labute approximate surface area is 119 Å². The van der Waals surface area contributed by atoms with Crippen molar-refractivity contribution in [3.05, 3.63) is 34.5 Å². The number of hydrogen-bond acceptors (Lipinski definition) is 2. The molecule has 0 aromatic carbocycles. The fourth-order valence-corrected chi connectivity index (χ4v) is 4.03.